The third-order valence-electron chi connectivity index (χ3n) is 4.38. The van der Waals surface area contributed by atoms with E-state index in [4.69, 9.17) is 11.6 Å². The van der Waals surface area contributed by atoms with Crippen molar-refractivity contribution in [3.63, 3.8) is 0 Å². The Morgan fingerprint density at radius 2 is 1.90 bits per heavy atom. The first kappa shape index (κ1) is 21.9. The van der Waals surface area contributed by atoms with Crippen molar-refractivity contribution in [3.8, 4) is 12.1 Å². The van der Waals surface area contributed by atoms with Crippen molar-refractivity contribution in [2.45, 2.75) is 5.92 Å². The Balaban J connectivity index is 1.85. The number of hydrogen-bond acceptors (Lipinski definition) is 5. The lowest BCUT2D eigenvalue weighted by molar-refractivity contribution is -0.123. The van der Waals surface area contributed by atoms with Crippen LogP contribution in [0.15, 0.2) is 63.6 Å². The molecule has 150 valence electrons. The van der Waals surface area contributed by atoms with Crippen LogP contribution in [0.1, 0.15) is 11.5 Å². The summed E-state index contributed by atoms with van der Waals surface area (Å²) < 4.78 is 0.890. The van der Waals surface area contributed by atoms with E-state index in [2.05, 4.69) is 32.6 Å². The summed E-state index contributed by atoms with van der Waals surface area (Å²) in [5.74, 6) is -2.75. The lowest BCUT2D eigenvalue weighted by Crippen LogP contribution is -2.39. The van der Waals surface area contributed by atoms with Crippen molar-refractivity contribution in [1.29, 1.82) is 10.5 Å². The number of halogens is 2. The zero-order chi connectivity index (χ0) is 21.7. The minimum absolute atomic E-state index is 0.0245. The monoisotopic (exact) mass is 500 g/mol. The van der Waals surface area contributed by atoms with Crippen LogP contribution in [0.4, 0.5) is 5.69 Å². The Bertz CT molecular complexity index is 1110. The van der Waals surface area contributed by atoms with Crippen LogP contribution in [0.2, 0.25) is 5.02 Å². The largest absolute Gasteiger partial charge is 0.325 e. The van der Waals surface area contributed by atoms with Gasteiger partial charge in [-0.1, -0.05) is 57.5 Å². The summed E-state index contributed by atoms with van der Waals surface area (Å²) in [5.41, 5.74) is 1.36. The molecule has 0 unspecified atom stereocenters. The number of hydrogen-bond donors (Lipinski definition) is 2. The van der Waals surface area contributed by atoms with Crippen molar-refractivity contribution in [3.05, 3.63) is 74.2 Å². The quantitative estimate of drug-likeness (QED) is 0.624. The van der Waals surface area contributed by atoms with Gasteiger partial charge in [0, 0.05) is 21.1 Å². The van der Waals surface area contributed by atoms with E-state index < -0.39 is 17.7 Å². The Hall–Kier alpha value is -2.78. The maximum absolute atomic E-state index is 12.5. The highest BCUT2D eigenvalue weighted by Gasteiger charge is 2.40. The third kappa shape index (κ3) is 4.85. The molecule has 0 saturated carbocycles. The highest BCUT2D eigenvalue weighted by molar-refractivity contribution is 9.10. The second-order valence-corrected chi connectivity index (χ2v) is 8.60. The molecular weight excluding hydrogens is 488 g/mol. The van der Waals surface area contributed by atoms with Gasteiger partial charge < -0.3 is 10.6 Å². The van der Waals surface area contributed by atoms with Crippen molar-refractivity contribution in [1.82, 2.24) is 5.32 Å². The van der Waals surface area contributed by atoms with Gasteiger partial charge in [0.15, 0.2) is 0 Å². The van der Waals surface area contributed by atoms with E-state index in [1.54, 1.807) is 48.5 Å². The molecule has 2 amide bonds. The van der Waals surface area contributed by atoms with E-state index in [0.29, 0.717) is 16.3 Å². The average molecular weight is 502 g/mol. The molecule has 2 atom stereocenters. The number of amides is 2. The van der Waals surface area contributed by atoms with Gasteiger partial charge in [-0.25, -0.2) is 0 Å². The number of carbonyl (C=O) groups excluding carboxylic acids is 2. The van der Waals surface area contributed by atoms with E-state index in [1.807, 2.05) is 6.07 Å². The average Bonchev–Trinajstić information content (AvgIpc) is 2.74. The maximum atomic E-state index is 12.5. The van der Waals surface area contributed by atoms with Crippen LogP contribution in [-0.4, -0.2) is 17.6 Å². The lowest BCUT2D eigenvalue weighted by Gasteiger charge is -2.29. The number of carbonyl (C=O) groups is 2. The van der Waals surface area contributed by atoms with E-state index in [1.165, 1.54) is 0 Å². The molecule has 1 aliphatic rings. The molecule has 2 N–H and O–H groups in total. The molecule has 0 saturated heterocycles. The molecule has 0 aliphatic carbocycles. The Labute approximate surface area is 191 Å². The van der Waals surface area contributed by atoms with Crippen molar-refractivity contribution in [2.24, 2.45) is 5.92 Å². The number of nitriles is 2. The van der Waals surface area contributed by atoms with Gasteiger partial charge >= 0.3 is 0 Å². The third-order valence-corrected chi connectivity index (χ3v) is 6.27. The standard InChI is InChI=1S/C21H14BrClN4O2S/c22-12-5-7-13(8-6-12)26-18(28)11-30-21-16(10-25)19(15(9-24)20(29)27-21)14-3-1-2-4-17(14)23/h1-8,15,19H,11H2,(H,26,28)(H,27,29)/t15-,19+/m0/s1. The molecule has 1 aliphatic heterocycles. The van der Waals surface area contributed by atoms with Gasteiger partial charge in [-0.2, -0.15) is 10.5 Å². The summed E-state index contributed by atoms with van der Waals surface area (Å²) in [6.07, 6.45) is 0. The van der Waals surface area contributed by atoms with Crippen LogP contribution < -0.4 is 10.6 Å². The molecule has 0 spiro atoms. The lowest BCUT2D eigenvalue weighted by atomic mass is 9.79. The van der Waals surface area contributed by atoms with E-state index in [-0.39, 0.29) is 22.3 Å². The molecule has 2 aromatic carbocycles. The minimum Gasteiger partial charge on any atom is -0.325 e. The first-order chi connectivity index (χ1) is 14.4. The van der Waals surface area contributed by atoms with Gasteiger partial charge in [0.25, 0.3) is 0 Å². The van der Waals surface area contributed by atoms with Gasteiger partial charge in [-0.05, 0) is 35.9 Å². The van der Waals surface area contributed by atoms with E-state index in [0.717, 1.165) is 16.2 Å². The first-order valence-electron chi connectivity index (χ1n) is 8.72. The molecule has 6 nitrogen and oxygen atoms in total. The van der Waals surface area contributed by atoms with Gasteiger partial charge in [0.1, 0.15) is 5.92 Å². The molecule has 1 heterocycles. The fourth-order valence-electron chi connectivity index (χ4n) is 3.01. The number of benzene rings is 2. The molecule has 3 rings (SSSR count). The fraction of sp³-hybridized carbons (Fsp3) is 0.143. The molecule has 0 bridgehead atoms. The second-order valence-electron chi connectivity index (χ2n) is 6.29. The summed E-state index contributed by atoms with van der Waals surface area (Å²) in [6, 6.07) is 18.0. The van der Waals surface area contributed by atoms with Gasteiger partial charge in [-0.15, -0.1) is 0 Å². The zero-order valence-corrected chi connectivity index (χ0v) is 18.5. The number of nitrogens with one attached hydrogen (secondary N) is 2. The van der Waals surface area contributed by atoms with Gasteiger partial charge in [-0.3, -0.25) is 9.59 Å². The predicted octanol–water partition coefficient (Wildman–Crippen LogP) is 4.56. The summed E-state index contributed by atoms with van der Waals surface area (Å²) in [7, 11) is 0. The van der Waals surface area contributed by atoms with Crippen molar-refractivity contribution in [2.75, 3.05) is 11.1 Å². The van der Waals surface area contributed by atoms with Crippen LogP contribution >= 0.6 is 39.3 Å². The summed E-state index contributed by atoms with van der Waals surface area (Å²) >= 11 is 10.6. The number of allylic oxidation sites excluding steroid dienone is 1. The minimum atomic E-state index is -1.10. The predicted molar refractivity (Wildman–Crippen MR) is 119 cm³/mol. The summed E-state index contributed by atoms with van der Waals surface area (Å²) in [5, 5.41) is 25.3. The molecule has 0 aromatic heterocycles. The van der Waals surface area contributed by atoms with E-state index in [9.17, 15) is 20.1 Å². The SMILES string of the molecule is N#CC1=C(SCC(=O)Nc2ccc(Br)cc2)NC(=O)[C@@H](C#N)[C@H]1c1ccccc1Cl. The number of thioether (sulfide) groups is 1. The van der Waals surface area contributed by atoms with E-state index >= 15 is 0 Å². The molecule has 0 fully saturated rings. The van der Waals surface area contributed by atoms with Crippen LogP contribution in [0.5, 0.6) is 0 Å². The number of anilines is 1. The highest BCUT2D eigenvalue weighted by atomic mass is 79.9. The molecule has 30 heavy (non-hydrogen) atoms. The second kappa shape index (κ2) is 9.82. The Morgan fingerprint density at radius 1 is 1.20 bits per heavy atom. The molecule has 9 heteroatoms. The Morgan fingerprint density at radius 3 is 2.53 bits per heavy atom. The summed E-state index contributed by atoms with van der Waals surface area (Å²) in [6.45, 7) is 0. The zero-order valence-electron chi connectivity index (χ0n) is 15.4. The Kier molecular flexibility index (Phi) is 7.17. The summed E-state index contributed by atoms with van der Waals surface area (Å²) in [4.78, 5) is 24.8. The van der Waals surface area contributed by atoms with Crippen molar-refractivity contribution < 1.29 is 9.59 Å². The molecular formula is C21H14BrClN4O2S. The number of rotatable bonds is 5. The van der Waals surface area contributed by atoms with Gasteiger partial charge in [0.2, 0.25) is 11.8 Å². The molecule has 0 radical (unpaired) electrons. The maximum Gasteiger partial charge on any atom is 0.243 e. The van der Waals surface area contributed by atoms with Crippen LogP contribution in [-0.2, 0) is 9.59 Å². The van der Waals surface area contributed by atoms with Crippen LogP contribution in [0.25, 0.3) is 0 Å². The number of nitrogens with zero attached hydrogens (tertiary/aromatic N) is 2. The van der Waals surface area contributed by atoms with Crippen molar-refractivity contribution >= 4 is 56.8 Å². The topological polar surface area (TPSA) is 106 Å². The fourth-order valence-corrected chi connectivity index (χ4v) is 4.38. The van der Waals surface area contributed by atoms with Gasteiger partial charge in [0.05, 0.1) is 28.5 Å². The van der Waals surface area contributed by atoms with Crippen LogP contribution in [0, 0.1) is 28.6 Å². The highest BCUT2D eigenvalue weighted by Crippen LogP contribution is 2.41. The smallest absolute Gasteiger partial charge is 0.243 e. The van der Waals surface area contributed by atoms with Crippen LogP contribution in [0.3, 0.4) is 0 Å². The molecule has 2 aromatic rings. The first-order valence-corrected chi connectivity index (χ1v) is 10.9. The normalized spacial score (nSPS) is 18.2.